The molecule has 0 radical (unpaired) electrons. The van der Waals surface area contributed by atoms with Gasteiger partial charge in [0.15, 0.2) is 0 Å². The van der Waals surface area contributed by atoms with Gasteiger partial charge >= 0.3 is 6.18 Å². The molecule has 2 heterocycles. The normalized spacial score (nSPS) is 13.0. The van der Waals surface area contributed by atoms with Crippen molar-refractivity contribution < 1.29 is 17.9 Å². The van der Waals surface area contributed by atoms with E-state index in [0.717, 1.165) is 22.8 Å². The number of pyridine rings is 1. The summed E-state index contributed by atoms with van der Waals surface area (Å²) >= 11 is 0. The third-order valence-electron chi connectivity index (χ3n) is 5.00. The van der Waals surface area contributed by atoms with Crippen molar-refractivity contribution >= 4 is 10.9 Å². The molecule has 0 N–H and O–H groups in total. The Bertz CT molecular complexity index is 1200. The fourth-order valence-corrected chi connectivity index (χ4v) is 3.79. The van der Waals surface area contributed by atoms with Crippen LogP contribution < -0.4 is 4.74 Å². The van der Waals surface area contributed by atoms with Crippen molar-refractivity contribution in [2.45, 2.75) is 12.8 Å². The third-order valence-corrected chi connectivity index (χ3v) is 5.00. The Morgan fingerprint density at radius 3 is 2.36 bits per heavy atom. The van der Waals surface area contributed by atoms with E-state index in [0.29, 0.717) is 22.4 Å². The van der Waals surface area contributed by atoms with Crippen molar-refractivity contribution in [1.82, 2.24) is 4.98 Å². The van der Waals surface area contributed by atoms with Gasteiger partial charge in [0.2, 0.25) is 0 Å². The maximum atomic E-state index is 13.7. The molecule has 3 aromatic carbocycles. The number of hydrogen-bond acceptors (Lipinski definition) is 2. The molecule has 0 saturated carbocycles. The predicted octanol–water partition coefficient (Wildman–Crippen LogP) is 6.48. The summed E-state index contributed by atoms with van der Waals surface area (Å²) in [6, 6.07) is 21.0. The molecule has 28 heavy (non-hydrogen) atoms. The first-order valence-electron chi connectivity index (χ1n) is 8.84. The zero-order valence-electron chi connectivity index (χ0n) is 14.6. The topological polar surface area (TPSA) is 22.1 Å². The van der Waals surface area contributed by atoms with E-state index in [-0.39, 0.29) is 12.1 Å². The number of aromatic nitrogens is 1. The van der Waals surface area contributed by atoms with Crippen LogP contribution in [0, 0.1) is 0 Å². The number of hydrogen-bond donors (Lipinski definition) is 0. The molecule has 0 fully saturated rings. The van der Waals surface area contributed by atoms with Gasteiger partial charge in [-0.25, -0.2) is 4.98 Å². The van der Waals surface area contributed by atoms with Gasteiger partial charge in [-0.05, 0) is 29.3 Å². The summed E-state index contributed by atoms with van der Waals surface area (Å²) in [4.78, 5) is 4.51. The van der Waals surface area contributed by atoms with Gasteiger partial charge in [-0.1, -0.05) is 54.6 Å². The highest BCUT2D eigenvalue weighted by molar-refractivity contribution is 6.01. The monoisotopic (exact) mass is 377 g/mol. The largest absolute Gasteiger partial charge is 0.488 e. The van der Waals surface area contributed by atoms with Crippen LogP contribution >= 0.6 is 0 Å². The quantitative estimate of drug-likeness (QED) is 0.379. The number of ether oxygens (including phenoxy) is 1. The highest BCUT2D eigenvalue weighted by atomic mass is 19.4. The maximum Gasteiger partial charge on any atom is 0.418 e. The highest BCUT2D eigenvalue weighted by Gasteiger charge is 2.35. The lowest BCUT2D eigenvalue weighted by atomic mass is 9.90. The van der Waals surface area contributed by atoms with Gasteiger partial charge in [-0.15, -0.1) is 0 Å². The van der Waals surface area contributed by atoms with E-state index in [1.165, 1.54) is 6.07 Å². The van der Waals surface area contributed by atoms with Crippen LogP contribution in [0.3, 0.4) is 0 Å². The Labute approximate surface area is 159 Å². The molecule has 0 unspecified atom stereocenters. The van der Waals surface area contributed by atoms with Crippen molar-refractivity contribution in [3.63, 3.8) is 0 Å². The summed E-state index contributed by atoms with van der Waals surface area (Å²) in [6.07, 6.45) is -4.49. The molecule has 0 amide bonds. The van der Waals surface area contributed by atoms with Crippen LogP contribution in [0.15, 0.2) is 72.8 Å². The second-order valence-corrected chi connectivity index (χ2v) is 6.66. The van der Waals surface area contributed by atoms with Gasteiger partial charge in [0.05, 0.1) is 16.8 Å². The van der Waals surface area contributed by atoms with E-state index in [9.17, 15) is 13.2 Å². The molecule has 0 saturated heterocycles. The van der Waals surface area contributed by atoms with Crippen molar-refractivity contribution in [1.29, 1.82) is 0 Å². The van der Waals surface area contributed by atoms with Crippen molar-refractivity contribution in [3.8, 4) is 28.1 Å². The molecule has 0 bridgehead atoms. The molecule has 2 nitrogen and oxygen atoms in total. The van der Waals surface area contributed by atoms with Crippen LogP contribution in [-0.4, -0.2) is 4.98 Å². The first-order valence-corrected chi connectivity index (χ1v) is 8.84. The third kappa shape index (κ3) is 2.54. The lowest BCUT2D eigenvalue weighted by molar-refractivity contribution is -0.136. The Morgan fingerprint density at radius 1 is 0.821 bits per heavy atom. The zero-order valence-corrected chi connectivity index (χ0v) is 14.6. The summed E-state index contributed by atoms with van der Waals surface area (Å²) in [7, 11) is 0. The molecule has 1 aromatic heterocycles. The van der Waals surface area contributed by atoms with Crippen LogP contribution in [0.1, 0.15) is 11.1 Å². The van der Waals surface area contributed by atoms with E-state index < -0.39 is 11.7 Å². The summed E-state index contributed by atoms with van der Waals surface area (Å²) in [6.45, 7) is 0.260. The molecule has 0 aliphatic carbocycles. The average Bonchev–Trinajstić information content (AvgIpc) is 2.71. The minimum absolute atomic E-state index is 0.0377. The highest BCUT2D eigenvalue weighted by Crippen LogP contribution is 2.45. The minimum Gasteiger partial charge on any atom is -0.488 e. The molecule has 1 aliphatic heterocycles. The second kappa shape index (κ2) is 6.09. The summed E-state index contributed by atoms with van der Waals surface area (Å²) in [5, 5.41) is 0.475. The molecule has 0 spiro atoms. The second-order valence-electron chi connectivity index (χ2n) is 6.66. The van der Waals surface area contributed by atoms with E-state index in [1.54, 1.807) is 6.07 Å². The fraction of sp³-hybridized carbons (Fsp3) is 0.0870. The van der Waals surface area contributed by atoms with Crippen LogP contribution in [0.4, 0.5) is 13.2 Å². The predicted molar refractivity (Wildman–Crippen MR) is 102 cm³/mol. The lowest BCUT2D eigenvalue weighted by Crippen LogP contribution is -2.12. The van der Waals surface area contributed by atoms with Crippen LogP contribution in [0.25, 0.3) is 33.3 Å². The molecule has 1 aliphatic rings. The van der Waals surface area contributed by atoms with Gasteiger partial charge < -0.3 is 4.74 Å². The number of halogens is 3. The van der Waals surface area contributed by atoms with Gasteiger partial charge in [-0.2, -0.15) is 13.2 Å². The standard InChI is InChI=1S/C23H14F3NO/c24-23(25,26)18-11-6-10-16-20(14-7-2-1-3-8-14)17-13-28-19-12-5-4-9-15(19)21(17)27-22(16)18/h1-12H,13H2. The van der Waals surface area contributed by atoms with Gasteiger partial charge in [0.25, 0.3) is 0 Å². The van der Waals surface area contributed by atoms with E-state index >= 15 is 0 Å². The number of nitrogens with zero attached hydrogens (tertiary/aromatic N) is 1. The Hall–Kier alpha value is -3.34. The Morgan fingerprint density at radius 2 is 1.57 bits per heavy atom. The minimum atomic E-state index is -4.49. The average molecular weight is 377 g/mol. The number of alkyl halides is 3. The summed E-state index contributed by atoms with van der Waals surface area (Å²) < 4.78 is 47.0. The smallest absolute Gasteiger partial charge is 0.418 e. The SMILES string of the molecule is FC(F)(F)c1cccc2c(-c3ccccc3)c3c(nc12)-c1ccccc1OC3. The molecule has 4 aromatic rings. The molecular weight excluding hydrogens is 363 g/mol. The Balaban J connectivity index is 1.95. The van der Waals surface area contributed by atoms with Crippen molar-refractivity contribution in [2.75, 3.05) is 0 Å². The van der Waals surface area contributed by atoms with Gasteiger partial charge in [0.1, 0.15) is 12.4 Å². The van der Waals surface area contributed by atoms with E-state index in [1.807, 2.05) is 54.6 Å². The molecular formula is C23H14F3NO. The zero-order chi connectivity index (χ0) is 19.3. The van der Waals surface area contributed by atoms with Gasteiger partial charge in [0, 0.05) is 16.5 Å². The Kier molecular flexibility index (Phi) is 3.66. The molecule has 5 rings (SSSR count). The van der Waals surface area contributed by atoms with Crippen LogP contribution in [0.2, 0.25) is 0 Å². The first kappa shape index (κ1) is 16.8. The summed E-state index contributed by atoms with van der Waals surface area (Å²) in [5.74, 6) is 0.630. The lowest BCUT2D eigenvalue weighted by Gasteiger charge is -2.25. The molecule has 0 atom stereocenters. The summed E-state index contributed by atoms with van der Waals surface area (Å²) in [5.41, 5.74) is 2.87. The number of fused-ring (bicyclic) bond motifs is 4. The van der Waals surface area contributed by atoms with Crippen LogP contribution in [-0.2, 0) is 12.8 Å². The van der Waals surface area contributed by atoms with E-state index in [4.69, 9.17) is 4.74 Å². The number of benzene rings is 3. The van der Waals surface area contributed by atoms with Gasteiger partial charge in [-0.3, -0.25) is 0 Å². The van der Waals surface area contributed by atoms with Crippen molar-refractivity contribution in [3.05, 3.63) is 83.9 Å². The molecule has 5 heteroatoms. The first-order chi connectivity index (χ1) is 13.5. The van der Waals surface area contributed by atoms with Crippen molar-refractivity contribution in [2.24, 2.45) is 0 Å². The molecule has 138 valence electrons. The van der Waals surface area contributed by atoms with E-state index in [2.05, 4.69) is 4.98 Å². The van der Waals surface area contributed by atoms with Crippen LogP contribution in [0.5, 0.6) is 5.75 Å². The maximum absolute atomic E-state index is 13.7. The fourth-order valence-electron chi connectivity index (χ4n) is 3.79. The number of para-hydroxylation sites is 2. The number of rotatable bonds is 1.